The summed E-state index contributed by atoms with van der Waals surface area (Å²) in [6.45, 7) is 7.90. The van der Waals surface area contributed by atoms with Gasteiger partial charge in [0, 0.05) is 46.8 Å². The molecule has 11 heteroatoms. The zero-order chi connectivity index (χ0) is 30.6. The van der Waals surface area contributed by atoms with Gasteiger partial charge in [0.15, 0.2) is 5.82 Å². The lowest BCUT2D eigenvalue weighted by molar-refractivity contribution is 0.00357. The molecule has 1 aliphatic rings. The molecule has 0 bridgehead atoms. The van der Waals surface area contributed by atoms with Crippen LogP contribution in [-0.2, 0) is 16.8 Å². The Kier molecular flexibility index (Phi) is 8.86. The fourth-order valence-electron chi connectivity index (χ4n) is 4.92. The van der Waals surface area contributed by atoms with Crippen LogP contribution in [0.1, 0.15) is 42.3 Å². The molecule has 11 nitrogen and oxygen atoms in total. The molecule has 1 atom stereocenters. The van der Waals surface area contributed by atoms with Crippen LogP contribution < -0.4 is 21.3 Å². The molecule has 1 aromatic heterocycles. The van der Waals surface area contributed by atoms with Crippen LogP contribution in [0.5, 0.6) is 0 Å². The lowest BCUT2D eigenvalue weighted by Gasteiger charge is -2.33. The molecule has 6 N–H and O–H groups in total. The first kappa shape index (κ1) is 29.9. The zero-order valence-electron chi connectivity index (χ0n) is 24.5. The summed E-state index contributed by atoms with van der Waals surface area (Å²) >= 11 is 0. The van der Waals surface area contributed by atoms with Crippen LogP contribution in [0.25, 0.3) is 11.4 Å². The van der Waals surface area contributed by atoms with Crippen molar-refractivity contribution >= 4 is 34.9 Å². The quantitative estimate of drug-likeness (QED) is 0.204. The third-order valence-electron chi connectivity index (χ3n) is 7.32. The molecule has 1 saturated heterocycles. The van der Waals surface area contributed by atoms with E-state index < -0.39 is 0 Å². The molecule has 5 rings (SSSR count). The minimum atomic E-state index is -0.358. The number of carbonyl (C=O) groups is 1. The van der Waals surface area contributed by atoms with Gasteiger partial charge in [0.1, 0.15) is 0 Å². The number of rotatable bonds is 8. The van der Waals surface area contributed by atoms with Crippen molar-refractivity contribution < 1.29 is 19.7 Å². The lowest BCUT2D eigenvalue weighted by atomic mass is 9.86. The van der Waals surface area contributed by atoms with E-state index in [2.05, 4.69) is 51.3 Å². The summed E-state index contributed by atoms with van der Waals surface area (Å²) in [5.41, 5.74) is 10.8. The predicted octanol–water partition coefficient (Wildman–Crippen LogP) is 4.10. The van der Waals surface area contributed by atoms with Gasteiger partial charge in [-0.1, -0.05) is 45.0 Å². The van der Waals surface area contributed by atoms with Gasteiger partial charge < -0.3 is 36.2 Å². The summed E-state index contributed by atoms with van der Waals surface area (Å²) in [7, 11) is 0. The highest BCUT2D eigenvalue weighted by atomic mass is 16.5. The average Bonchev–Trinajstić information content (AvgIpc) is 3.00. The maximum atomic E-state index is 13.1. The first-order valence-electron chi connectivity index (χ1n) is 14.2. The van der Waals surface area contributed by atoms with E-state index in [1.165, 1.54) is 0 Å². The second kappa shape index (κ2) is 12.7. The molecule has 1 fully saturated rings. The van der Waals surface area contributed by atoms with Crippen LogP contribution in [0.2, 0.25) is 0 Å². The molecule has 4 aromatic rings. The van der Waals surface area contributed by atoms with Crippen molar-refractivity contribution in [3.63, 3.8) is 0 Å². The van der Waals surface area contributed by atoms with Crippen LogP contribution in [0.4, 0.5) is 29.0 Å². The number of nitrogens with one attached hydrogen (secondary N) is 2. The number of hydrogen-bond donors (Lipinski definition) is 5. The monoisotopic (exact) mass is 583 g/mol. The maximum Gasteiger partial charge on any atom is 0.255 e. The van der Waals surface area contributed by atoms with E-state index in [1.54, 1.807) is 30.3 Å². The van der Waals surface area contributed by atoms with Crippen LogP contribution in [-0.4, -0.2) is 63.5 Å². The van der Waals surface area contributed by atoms with Crippen molar-refractivity contribution in [2.45, 2.75) is 38.9 Å². The Bertz CT molecular complexity index is 1570. The van der Waals surface area contributed by atoms with Gasteiger partial charge in [-0.05, 0) is 53.4 Å². The molecular formula is C32H37N7O4. The SMILES string of the molecule is CC(C)(C)c1ccc(C(=O)Nc2cccc(-c3nc(N)nc(Nc4ccc(N5CCOC(CO)C5)cc4)n3)c2CO)cc1. The molecule has 224 valence electrons. The van der Waals surface area contributed by atoms with Crippen LogP contribution in [0, 0.1) is 0 Å². The smallest absolute Gasteiger partial charge is 0.255 e. The van der Waals surface area contributed by atoms with Crippen molar-refractivity contribution in [3.05, 3.63) is 83.4 Å². The number of amides is 1. The van der Waals surface area contributed by atoms with E-state index in [0.29, 0.717) is 35.5 Å². The summed E-state index contributed by atoms with van der Waals surface area (Å²) in [5.74, 6) is 0.200. The number of aromatic nitrogens is 3. The number of hydrogen-bond acceptors (Lipinski definition) is 10. The standard InChI is InChI=1S/C32H37N7O4/c1-32(2,3)21-9-7-20(8-10-21)29(42)35-27-6-4-5-25(26(27)19-41)28-36-30(33)38-31(37-28)34-22-11-13-23(14-12-22)39-15-16-43-24(17-39)18-40/h4-14,24,40-41H,15-19H2,1-3H3,(H,35,42)(H3,33,34,36,37,38). The van der Waals surface area contributed by atoms with Crippen molar-refractivity contribution in [3.8, 4) is 11.4 Å². The highest BCUT2D eigenvalue weighted by molar-refractivity contribution is 6.05. The second-order valence-corrected chi connectivity index (χ2v) is 11.4. The van der Waals surface area contributed by atoms with Crippen molar-refractivity contribution in [1.29, 1.82) is 0 Å². The van der Waals surface area contributed by atoms with Crippen LogP contribution >= 0.6 is 0 Å². The van der Waals surface area contributed by atoms with Gasteiger partial charge in [0.05, 0.1) is 25.9 Å². The van der Waals surface area contributed by atoms with Crippen molar-refractivity contribution in [2.24, 2.45) is 0 Å². The Morgan fingerprint density at radius 1 is 1.02 bits per heavy atom. The lowest BCUT2D eigenvalue weighted by Crippen LogP contribution is -2.44. The number of nitrogen functional groups attached to an aromatic ring is 1. The van der Waals surface area contributed by atoms with E-state index in [1.807, 2.05) is 36.4 Å². The van der Waals surface area contributed by atoms with Crippen molar-refractivity contribution in [2.75, 3.05) is 47.6 Å². The van der Waals surface area contributed by atoms with Gasteiger partial charge in [-0.2, -0.15) is 15.0 Å². The van der Waals surface area contributed by atoms with Gasteiger partial charge in [0.2, 0.25) is 11.9 Å². The van der Waals surface area contributed by atoms with E-state index in [9.17, 15) is 15.0 Å². The Hall–Kier alpha value is -4.58. The summed E-state index contributed by atoms with van der Waals surface area (Å²) in [6.07, 6.45) is -0.200. The van der Waals surface area contributed by atoms with Crippen LogP contribution in [0.3, 0.4) is 0 Å². The first-order chi connectivity index (χ1) is 20.6. The van der Waals surface area contributed by atoms with Crippen molar-refractivity contribution in [1.82, 2.24) is 15.0 Å². The van der Waals surface area contributed by atoms with E-state index in [0.717, 1.165) is 23.5 Å². The topological polar surface area (TPSA) is 159 Å². The van der Waals surface area contributed by atoms with Gasteiger partial charge in [-0.15, -0.1) is 0 Å². The number of aliphatic hydroxyl groups is 2. The number of benzene rings is 3. The molecule has 1 unspecified atom stereocenters. The Labute approximate surface area is 250 Å². The number of nitrogens with zero attached hydrogens (tertiary/aromatic N) is 4. The number of ether oxygens (including phenoxy) is 1. The third kappa shape index (κ3) is 7.08. The first-order valence-corrected chi connectivity index (χ1v) is 14.2. The molecule has 3 aromatic carbocycles. The Morgan fingerprint density at radius 2 is 1.77 bits per heavy atom. The zero-order valence-corrected chi connectivity index (χ0v) is 24.5. The molecular weight excluding hydrogens is 546 g/mol. The van der Waals surface area contributed by atoms with Gasteiger partial charge in [-0.3, -0.25) is 4.79 Å². The van der Waals surface area contributed by atoms with Gasteiger partial charge in [-0.25, -0.2) is 0 Å². The fourth-order valence-corrected chi connectivity index (χ4v) is 4.92. The fraction of sp³-hybridized carbons (Fsp3) is 0.312. The average molecular weight is 584 g/mol. The van der Waals surface area contributed by atoms with E-state index >= 15 is 0 Å². The molecule has 0 radical (unpaired) electrons. The normalized spacial score (nSPS) is 15.3. The Morgan fingerprint density at radius 3 is 2.44 bits per heavy atom. The van der Waals surface area contributed by atoms with Crippen LogP contribution in [0.15, 0.2) is 66.7 Å². The predicted molar refractivity (Wildman–Crippen MR) is 167 cm³/mol. The summed E-state index contributed by atoms with van der Waals surface area (Å²) in [4.78, 5) is 28.3. The second-order valence-electron chi connectivity index (χ2n) is 11.4. The minimum absolute atomic E-state index is 0.00440. The number of morpholine rings is 1. The highest BCUT2D eigenvalue weighted by Gasteiger charge is 2.21. The summed E-state index contributed by atoms with van der Waals surface area (Å²) < 4.78 is 5.54. The molecule has 43 heavy (non-hydrogen) atoms. The number of aliphatic hydroxyl groups excluding tert-OH is 2. The molecule has 0 saturated carbocycles. The third-order valence-corrected chi connectivity index (χ3v) is 7.32. The maximum absolute atomic E-state index is 13.1. The van der Waals surface area contributed by atoms with Gasteiger partial charge >= 0.3 is 0 Å². The highest BCUT2D eigenvalue weighted by Crippen LogP contribution is 2.30. The van der Waals surface area contributed by atoms with Gasteiger partial charge in [0.25, 0.3) is 5.91 Å². The summed E-state index contributed by atoms with van der Waals surface area (Å²) in [5, 5.41) is 25.8. The largest absolute Gasteiger partial charge is 0.394 e. The minimum Gasteiger partial charge on any atom is -0.394 e. The number of carbonyl (C=O) groups excluding carboxylic acids is 1. The molecule has 1 aliphatic heterocycles. The summed E-state index contributed by atoms with van der Waals surface area (Å²) in [6, 6.07) is 20.5. The number of anilines is 5. The molecule has 0 spiro atoms. The molecule has 0 aliphatic carbocycles. The van der Waals surface area contributed by atoms with E-state index in [-0.39, 0.29) is 48.4 Å². The molecule has 2 heterocycles. The van der Waals surface area contributed by atoms with E-state index in [4.69, 9.17) is 10.5 Å². The number of nitrogens with two attached hydrogens (primary N) is 1. The molecule has 1 amide bonds. The Balaban J connectivity index is 1.34.